The highest BCUT2D eigenvalue weighted by atomic mass is 16.5. The fraction of sp³-hybridized carbons (Fsp3) is 0.800. The van der Waals surface area contributed by atoms with Crippen LogP contribution in [0.2, 0.25) is 0 Å². The SMILES string of the molecule is C#CC(CC)NCC1CCCO1. The molecular weight excluding hydrogens is 150 g/mol. The van der Waals surface area contributed by atoms with Crippen molar-refractivity contribution in [3.8, 4) is 12.3 Å². The van der Waals surface area contributed by atoms with Gasteiger partial charge in [0.25, 0.3) is 0 Å². The first-order chi connectivity index (χ1) is 5.86. The molecule has 0 radical (unpaired) electrons. The van der Waals surface area contributed by atoms with E-state index in [1.54, 1.807) is 0 Å². The molecule has 0 aliphatic carbocycles. The molecule has 12 heavy (non-hydrogen) atoms. The van der Waals surface area contributed by atoms with Gasteiger partial charge in [-0.3, -0.25) is 0 Å². The third-order valence-corrected chi connectivity index (χ3v) is 2.23. The Hall–Kier alpha value is -0.520. The number of hydrogen-bond donors (Lipinski definition) is 1. The summed E-state index contributed by atoms with van der Waals surface area (Å²) in [6, 6.07) is 0.217. The van der Waals surface area contributed by atoms with Gasteiger partial charge in [0.2, 0.25) is 0 Å². The van der Waals surface area contributed by atoms with Crippen molar-refractivity contribution in [2.45, 2.75) is 38.3 Å². The van der Waals surface area contributed by atoms with E-state index in [1.807, 2.05) is 0 Å². The molecular formula is C10H17NO. The van der Waals surface area contributed by atoms with Gasteiger partial charge < -0.3 is 10.1 Å². The number of terminal acetylenes is 1. The summed E-state index contributed by atoms with van der Waals surface area (Å²) in [5.41, 5.74) is 0. The predicted molar refractivity (Wildman–Crippen MR) is 49.9 cm³/mol. The molecule has 2 nitrogen and oxygen atoms in total. The Bertz CT molecular complexity index is 156. The summed E-state index contributed by atoms with van der Waals surface area (Å²) in [5.74, 6) is 2.71. The third kappa shape index (κ3) is 2.84. The molecule has 1 heterocycles. The van der Waals surface area contributed by atoms with Crippen LogP contribution in [0.3, 0.4) is 0 Å². The second-order valence-electron chi connectivity index (χ2n) is 3.17. The first-order valence-corrected chi connectivity index (χ1v) is 4.68. The molecule has 2 unspecified atom stereocenters. The topological polar surface area (TPSA) is 21.3 Å². The van der Waals surface area contributed by atoms with Crippen molar-refractivity contribution in [1.82, 2.24) is 5.32 Å². The van der Waals surface area contributed by atoms with Crippen molar-refractivity contribution >= 4 is 0 Å². The van der Waals surface area contributed by atoms with Gasteiger partial charge in [0, 0.05) is 13.2 Å². The minimum atomic E-state index is 0.217. The lowest BCUT2D eigenvalue weighted by atomic mass is 10.2. The number of ether oxygens (including phenoxy) is 1. The molecule has 0 aromatic carbocycles. The molecule has 2 atom stereocenters. The molecule has 68 valence electrons. The van der Waals surface area contributed by atoms with E-state index in [0.29, 0.717) is 6.10 Å². The molecule has 1 saturated heterocycles. The zero-order chi connectivity index (χ0) is 8.81. The van der Waals surface area contributed by atoms with Gasteiger partial charge in [-0.05, 0) is 19.3 Å². The van der Waals surface area contributed by atoms with E-state index < -0.39 is 0 Å². The Labute approximate surface area is 74.7 Å². The third-order valence-electron chi connectivity index (χ3n) is 2.23. The summed E-state index contributed by atoms with van der Waals surface area (Å²) in [6.07, 6.45) is 9.07. The average molecular weight is 167 g/mol. The fourth-order valence-corrected chi connectivity index (χ4v) is 1.40. The number of nitrogens with one attached hydrogen (secondary N) is 1. The van der Waals surface area contributed by atoms with Gasteiger partial charge in [0.15, 0.2) is 0 Å². The van der Waals surface area contributed by atoms with Gasteiger partial charge in [-0.25, -0.2) is 0 Å². The van der Waals surface area contributed by atoms with E-state index in [0.717, 1.165) is 19.6 Å². The van der Waals surface area contributed by atoms with Crippen LogP contribution in [0.1, 0.15) is 26.2 Å². The van der Waals surface area contributed by atoms with Crippen LogP contribution in [0.15, 0.2) is 0 Å². The van der Waals surface area contributed by atoms with E-state index in [1.165, 1.54) is 12.8 Å². The molecule has 0 aromatic rings. The summed E-state index contributed by atoms with van der Waals surface area (Å²) in [5, 5.41) is 3.30. The highest BCUT2D eigenvalue weighted by Gasteiger charge is 2.15. The maximum absolute atomic E-state index is 5.46. The molecule has 1 fully saturated rings. The highest BCUT2D eigenvalue weighted by Crippen LogP contribution is 2.10. The monoisotopic (exact) mass is 167 g/mol. The predicted octanol–water partition coefficient (Wildman–Crippen LogP) is 1.17. The van der Waals surface area contributed by atoms with Crippen LogP contribution < -0.4 is 5.32 Å². The van der Waals surface area contributed by atoms with E-state index in [4.69, 9.17) is 11.2 Å². The Morgan fingerprint density at radius 2 is 2.58 bits per heavy atom. The zero-order valence-corrected chi connectivity index (χ0v) is 7.68. The molecule has 1 aliphatic heterocycles. The second kappa shape index (κ2) is 5.18. The first kappa shape index (κ1) is 9.57. The number of rotatable bonds is 4. The van der Waals surface area contributed by atoms with Crippen LogP contribution in [-0.2, 0) is 4.74 Å². The summed E-state index contributed by atoms with van der Waals surface area (Å²) in [6.45, 7) is 3.91. The summed E-state index contributed by atoms with van der Waals surface area (Å²) in [4.78, 5) is 0. The molecule has 0 bridgehead atoms. The maximum Gasteiger partial charge on any atom is 0.0700 e. The van der Waals surface area contributed by atoms with Crippen molar-refractivity contribution in [1.29, 1.82) is 0 Å². The van der Waals surface area contributed by atoms with E-state index in [9.17, 15) is 0 Å². The largest absolute Gasteiger partial charge is 0.377 e. The zero-order valence-electron chi connectivity index (χ0n) is 7.68. The lowest BCUT2D eigenvalue weighted by molar-refractivity contribution is 0.109. The highest BCUT2D eigenvalue weighted by molar-refractivity contribution is 4.98. The molecule has 1 aliphatic rings. The standard InChI is InChI=1S/C10H17NO/c1-3-9(4-2)11-8-10-6-5-7-12-10/h1,9-11H,4-8H2,2H3. The van der Waals surface area contributed by atoms with Crippen molar-refractivity contribution in [2.24, 2.45) is 0 Å². The van der Waals surface area contributed by atoms with Crippen LogP contribution in [0.5, 0.6) is 0 Å². The van der Waals surface area contributed by atoms with Crippen molar-refractivity contribution in [3.05, 3.63) is 0 Å². The average Bonchev–Trinajstić information content (AvgIpc) is 2.59. The van der Waals surface area contributed by atoms with Crippen molar-refractivity contribution in [3.63, 3.8) is 0 Å². The Morgan fingerprint density at radius 1 is 1.75 bits per heavy atom. The van der Waals surface area contributed by atoms with Crippen LogP contribution in [0.25, 0.3) is 0 Å². The van der Waals surface area contributed by atoms with Crippen LogP contribution >= 0.6 is 0 Å². The van der Waals surface area contributed by atoms with Crippen molar-refractivity contribution in [2.75, 3.05) is 13.2 Å². The quantitative estimate of drug-likeness (QED) is 0.635. The van der Waals surface area contributed by atoms with Crippen LogP contribution in [0, 0.1) is 12.3 Å². The van der Waals surface area contributed by atoms with Gasteiger partial charge >= 0.3 is 0 Å². The molecule has 1 N–H and O–H groups in total. The normalized spacial score (nSPS) is 25.2. The van der Waals surface area contributed by atoms with Gasteiger partial charge in [0.05, 0.1) is 12.1 Å². The van der Waals surface area contributed by atoms with E-state index in [-0.39, 0.29) is 6.04 Å². The molecule has 0 aromatic heterocycles. The molecule has 2 heteroatoms. The molecule has 0 saturated carbocycles. The summed E-state index contributed by atoms with van der Waals surface area (Å²) < 4.78 is 5.46. The molecule has 0 amide bonds. The second-order valence-corrected chi connectivity index (χ2v) is 3.17. The summed E-state index contributed by atoms with van der Waals surface area (Å²) >= 11 is 0. The lowest BCUT2D eigenvalue weighted by Gasteiger charge is -2.14. The van der Waals surface area contributed by atoms with Crippen molar-refractivity contribution < 1.29 is 4.74 Å². The Balaban J connectivity index is 2.11. The van der Waals surface area contributed by atoms with E-state index in [2.05, 4.69) is 18.2 Å². The minimum absolute atomic E-state index is 0.217. The Kier molecular flexibility index (Phi) is 4.13. The Morgan fingerprint density at radius 3 is 3.08 bits per heavy atom. The smallest absolute Gasteiger partial charge is 0.0700 e. The molecule has 0 spiro atoms. The van der Waals surface area contributed by atoms with E-state index >= 15 is 0 Å². The minimum Gasteiger partial charge on any atom is -0.377 e. The lowest BCUT2D eigenvalue weighted by Crippen LogP contribution is -2.33. The van der Waals surface area contributed by atoms with Gasteiger partial charge in [-0.1, -0.05) is 12.8 Å². The van der Waals surface area contributed by atoms with Gasteiger partial charge in [-0.2, -0.15) is 0 Å². The van der Waals surface area contributed by atoms with Crippen LogP contribution in [-0.4, -0.2) is 25.3 Å². The summed E-state index contributed by atoms with van der Waals surface area (Å²) in [7, 11) is 0. The fourth-order valence-electron chi connectivity index (χ4n) is 1.40. The number of hydrogen-bond acceptors (Lipinski definition) is 2. The maximum atomic E-state index is 5.46. The molecule has 1 rings (SSSR count). The van der Waals surface area contributed by atoms with Crippen LogP contribution in [0.4, 0.5) is 0 Å². The van der Waals surface area contributed by atoms with Gasteiger partial charge in [-0.15, -0.1) is 6.42 Å². The first-order valence-electron chi connectivity index (χ1n) is 4.68. The van der Waals surface area contributed by atoms with Gasteiger partial charge in [0.1, 0.15) is 0 Å².